The highest BCUT2D eigenvalue weighted by Gasteiger charge is 2.38. The van der Waals surface area contributed by atoms with Gasteiger partial charge in [0.25, 0.3) is 0 Å². The van der Waals surface area contributed by atoms with E-state index in [2.05, 4.69) is 15.2 Å². The van der Waals surface area contributed by atoms with Crippen LogP contribution in [0, 0.1) is 0 Å². The second kappa shape index (κ2) is 9.75. The molecular weight excluding hydrogens is 499 g/mol. The Kier molecular flexibility index (Phi) is 6.72. The van der Waals surface area contributed by atoms with Gasteiger partial charge in [-0.15, -0.1) is 11.3 Å². The molecule has 5 rings (SSSR count). The van der Waals surface area contributed by atoms with Crippen molar-refractivity contribution < 1.29 is 19.1 Å². The van der Waals surface area contributed by atoms with Gasteiger partial charge in [0.15, 0.2) is 0 Å². The highest BCUT2D eigenvalue weighted by molar-refractivity contribution is 7.23. The highest BCUT2D eigenvalue weighted by atomic mass is 35.5. The first kappa shape index (κ1) is 23.4. The van der Waals surface area contributed by atoms with Crippen LogP contribution in [0.25, 0.3) is 10.2 Å². The number of rotatable bonds is 5. The zero-order chi connectivity index (χ0) is 23.8. The van der Waals surface area contributed by atoms with Crippen molar-refractivity contribution >= 4 is 56.8 Å². The number of likely N-dealkylation sites (N-methyl/N-ethyl adjacent to an activating group) is 1. The van der Waals surface area contributed by atoms with E-state index in [-0.39, 0.29) is 23.9 Å². The topological polar surface area (TPSA) is 86.9 Å². The second-order valence-electron chi connectivity index (χ2n) is 8.44. The molecule has 34 heavy (non-hydrogen) atoms. The lowest BCUT2D eigenvalue weighted by atomic mass is 10.1. The normalized spacial score (nSPS) is 20.3. The lowest BCUT2D eigenvalue weighted by Gasteiger charge is -2.33. The summed E-state index contributed by atoms with van der Waals surface area (Å²) in [4.78, 5) is 32.7. The van der Waals surface area contributed by atoms with Gasteiger partial charge in [-0.3, -0.25) is 9.69 Å². The van der Waals surface area contributed by atoms with Crippen molar-refractivity contribution in [1.82, 2.24) is 20.1 Å². The molecule has 1 aliphatic heterocycles. The predicted octanol–water partition coefficient (Wildman–Crippen LogP) is 4.08. The Balaban J connectivity index is 1.29. The summed E-state index contributed by atoms with van der Waals surface area (Å²) in [6, 6.07) is 9.03. The van der Waals surface area contributed by atoms with E-state index in [4.69, 9.17) is 32.7 Å². The number of amides is 2. The zero-order valence-electron chi connectivity index (χ0n) is 18.5. The van der Waals surface area contributed by atoms with Crippen LogP contribution < -0.4 is 10.1 Å². The monoisotopic (exact) mass is 522 g/mol. The summed E-state index contributed by atoms with van der Waals surface area (Å²) >= 11 is 13.5. The van der Waals surface area contributed by atoms with Crippen molar-refractivity contribution in [1.29, 1.82) is 0 Å². The maximum atomic E-state index is 13.1. The van der Waals surface area contributed by atoms with Gasteiger partial charge in [0.2, 0.25) is 11.8 Å². The minimum atomic E-state index is -0.604. The van der Waals surface area contributed by atoms with Gasteiger partial charge in [0.1, 0.15) is 4.34 Å². The number of benzene rings is 1. The number of nitrogens with zero attached hydrogens (tertiary/aromatic N) is 2. The number of nitrogens with one attached hydrogen (secondary N) is 2. The molecular formula is C23H24Cl2N4O4S. The molecule has 2 aliphatic rings. The maximum absolute atomic E-state index is 13.1. The second-order valence-corrected chi connectivity index (χ2v) is 10.5. The number of carbonyl (C=O) groups is 2. The van der Waals surface area contributed by atoms with Gasteiger partial charge >= 0.3 is 6.09 Å². The Hall–Kier alpha value is -2.30. The smallest absolute Gasteiger partial charge is 0.393 e. The van der Waals surface area contributed by atoms with Crippen LogP contribution in [0.4, 0.5) is 4.79 Å². The third kappa shape index (κ3) is 4.63. The number of thiophene rings is 1. The van der Waals surface area contributed by atoms with Gasteiger partial charge < -0.3 is 24.7 Å². The molecule has 1 aliphatic carbocycles. The largest absolute Gasteiger partial charge is 0.414 e. The van der Waals surface area contributed by atoms with E-state index in [9.17, 15) is 9.59 Å². The molecule has 1 aromatic carbocycles. The number of aromatic amines is 1. The van der Waals surface area contributed by atoms with Crippen molar-refractivity contribution in [3.8, 4) is 5.88 Å². The quantitative estimate of drug-likeness (QED) is 0.527. The van der Waals surface area contributed by atoms with Crippen molar-refractivity contribution in [3.05, 3.63) is 50.8 Å². The summed E-state index contributed by atoms with van der Waals surface area (Å²) in [5, 5.41) is 3.37. The first-order chi connectivity index (χ1) is 16.4. The summed E-state index contributed by atoms with van der Waals surface area (Å²) in [5.41, 5.74) is 2.78. The van der Waals surface area contributed by atoms with Gasteiger partial charge in [-0.25, -0.2) is 4.79 Å². The van der Waals surface area contributed by atoms with E-state index < -0.39 is 6.09 Å². The number of hydrogen-bond donors (Lipinski definition) is 2. The maximum Gasteiger partial charge on any atom is 0.414 e. The highest BCUT2D eigenvalue weighted by Crippen LogP contribution is 2.40. The van der Waals surface area contributed by atoms with E-state index in [0.717, 1.165) is 28.9 Å². The van der Waals surface area contributed by atoms with Gasteiger partial charge in [-0.1, -0.05) is 47.5 Å². The summed E-state index contributed by atoms with van der Waals surface area (Å²) < 4.78 is 12.2. The fourth-order valence-corrected chi connectivity index (χ4v) is 6.10. The van der Waals surface area contributed by atoms with Crippen LogP contribution in [0.15, 0.2) is 30.3 Å². The van der Waals surface area contributed by atoms with Crippen LogP contribution in [0.3, 0.4) is 0 Å². The van der Waals surface area contributed by atoms with Crippen molar-refractivity contribution in [2.75, 3.05) is 39.9 Å². The Morgan fingerprint density at radius 2 is 2.06 bits per heavy atom. The van der Waals surface area contributed by atoms with Gasteiger partial charge in [-0.2, -0.15) is 0 Å². The molecule has 0 bridgehead atoms. The summed E-state index contributed by atoms with van der Waals surface area (Å²) in [5.74, 6) is 0.279. The third-order valence-electron chi connectivity index (χ3n) is 6.32. The molecule has 2 N–H and O–H groups in total. The van der Waals surface area contributed by atoms with Crippen molar-refractivity contribution in [3.63, 3.8) is 0 Å². The van der Waals surface area contributed by atoms with Crippen LogP contribution in [0.5, 0.6) is 5.88 Å². The lowest BCUT2D eigenvalue weighted by Crippen LogP contribution is -2.49. The number of morpholine rings is 1. The molecule has 2 atom stereocenters. The van der Waals surface area contributed by atoms with Crippen LogP contribution in [0.2, 0.25) is 9.36 Å². The Morgan fingerprint density at radius 3 is 2.82 bits per heavy atom. The molecule has 0 unspecified atom stereocenters. The number of halogens is 2. The summed E-state index contributed by atoms with van der Waals surface area (Å²) in [6.07, 6.45) is -0.000206. The standard InChI is InChI=1S/C23H24Cl2N4O4S/c1-28(18(30)12-29-6-8-32-9-7-29)21-14-5-3-2-4-13(14)10-15(21)26-23(31)33-17-11-16-20(27-17)19(24)22(25)34-16/h2-5,11,15,21,27H,6-10,12H2,1H3,(H,26,31)/t15-,21-/m0/s1. The number of H-pyrrole nitrogens is 1. The first-order valence-corrected chi connectivity index (χ1v) is 12.6. The number of hydrogen-bond acceptors (Lipinski definition) is 6. The predicted molar refractivity (Wildman–Crippen MR) is 132 cm³/mol. The third-order valence-corrected chi connectivity index (χ3v) is 8.25. The average Bonchev–Trinajstić information content (AvgIpc) is 3.45. The summed E-state index contributed by atoms with van der Waals surface area (Å²) in [7, 11) is 1.79. The van der Waals surface area contributed by atoms with Crippen LogP contribution >= 0.6 is 34.5 Å². The molecule has 3 aromatic rings. The Bertz CT molecular complexity index is 1220. The minimum Gasteiger partial charge on any atom is -0.393 e. The number of aromatic nitrogens is 1. The number of ether oxygens (including phenoxy) is 2. The molecule has 11 heteroatoms. The SMILES string of the molecule is CN(C(=O)CN1CCOCC1)[C@H]1c2ccccc2C[C@@H]1NC(=O)Oc1cc2sc(Cl)c(Cl)c2[nH]1. The van der Waals surface area contributed by atoms with Gasteiger partial charge in [-0.05, 0) is 17.5 Å². The first-order valence-electron chi connectivity index (χ1n) is 11.0. The average molecular weight is 523 g/mol. The fourth-order valence-electron chi connectivity index (χ4n) is 4.63. The number of fused-ring (bicyclic) bond motifs is 2. The van der Waals surface area contributed by atoms with Crippen LogP contribution in [0.1, 0.15) is 17.2 Å². The van der Waals surface area contributed by atoms with E-state index in [0.29, 0.717) is 41.1 Å². The molecule has 1 fully saturated rings. The molecule has 2 amide bonds. The molecule has 1 saturated heterocycles. The van der Waals surface area contributed by atoms with E-state index >= 15 is 0 Å². The zero-order valence-corrected chi connectivity index (χ0v) is 20.8. The van der Waals surface area contributed by atoms with E-state index in [1.165, 1.54) is 11.3 Å². The van der Waals surface area contributed by atoms with Crippen LogP contribution in [-0.4, -0.2) is 72.7 Å². The van der Waals surface area contributed by atoms with Crippen molar-refractivity contribution in [2.45, 2.75) is 18.5 Å². The fraction of sp³-hybridized carbons (Fsp3) is 0.391. The van der Waals surface area contributed by atoms with E-state index in [1.54, 1.807) is 18.0 Å². The Labute approximate surface area is 210 Å². The van der Waals surface area contributed by atoms with Crippen molar-refractivity contribution in [2.24, 2.45) is 0 Å². The molecule has 180 valence electrons. The molecule has 8 nitrogen and oxygen atoms in total. The molecule has 2 aromatic heterocycles. The minimum absolute atomic E-state index is 0.0000962. The Morgan fingerprint density at radius 1 is 1.29 bits per heavy atom. The molecule has 0 saturated carbocycles. The summed E-state index contributed by atoms with van der Waals surface area (Å²) in [6.45, 7) is 3.05. The van der Waals surface area contributed by atoms with E-state index in [1.807, 2.05) is 24.3 Å². The van der Waals surface area contributed by atoms with Crippen LogP contribution in [-0.2, 0) is 16.0 Å². The molecule has 0 radical (unpaired) electrons. The molecule has 0 spiro atoms. The van der Waals surface area contributed by atoms with Gasteiger partial charge in [0, 0.05) is 26.2 Å². The van der Waals surface area contributed by atoms with Gasteiger partial charge in [0.05, 0.1) is 47.1 Å². The molecule has 3 heterocycles. The lowest BCUT2D eigenvalue weighted by molar-refractivity contribution is -0.134. The number of carbonyl (C=O) groups excluding carboxylic acids is 2.